The van der Waals surface area contributed by atoms with Crippen molar-refractivity contribution in [3.05, 3.63) is 53.1 Å². The van der Waals surface area contributed by atoms with Gasteiger partial charge in [-0.05, 0) is 36.8 Å². The molecule has 4 rings (SSSR count). The number of phenolic OH excluding ortho intramolecular Hbond substituents is 1. The normalized spacial score (nSPS) is 11.1. The van der Waals surface area contributed by atoms with Crippen molar-refractivity contribution in [2.75, 3.05) is 5.32 Å². The van der Waals surface area contributed by atoms with Gasteiger partial charge in [-0.15, -0.1) is 0 Å². The molecule has 1 aromatic carbocycles. The quantitative estimate of drug-likeness (QED) is 0.513. The number of fused-ring (bicyclic) bond motifs is 1. The highest BCUT2D eigenvalue weighted by atomic mass is 35.5. The summed E-state index contributed by atoms with van der Waals surface area (Å²) in [6, 6.07) is 7.20. The summed E-state index contributed by atoms with van der Waals surface area (Å²) in [5, 5.41) is 13.8. The molecule has 0 saturated carbocycles. The number of aromatic hydroxyl groups is 1. The molecule has 0 unspecified atom stereocenters. The SMILES string of the molecule is Cc1cc(Cl)cc(O)c1-c1ccc2oc(NCc3cnc[nH]3)nc2n1. The number of anilines is 1. The lowest BCUT2D eigenvalue weighted by Crippen LogP contribution is -1.99. The van der Waals surface area contributed by atoms with Crippen molar-refractivity contribution in [1.82, 2.24) is 19.9 Å². The van der Waals surface area contributed by atoms with Crippen LogP contribution >= 0.6 is 11.6 Å². The number of aromatic amines is 1. The second-order valence-electron chi connectivity index (χ2n) is 5.58. The minimum Gasteiger partial charge on any atom is -0.507 e. The van der Waals surface area contributed by atoms with E-state index in [1.165, 1.54) is 6.07 Å². The van der Waals surface area contributed by atoms with Crippen molar-refractivity contribution in [3.63, 3.8) is 0 Å². The number of nitrogens with one attached hydrogen (secondary N) is 2. The molecule has 0 aliphatic heterocycles. The van der Waals surface area contributed by atoms with Crippen LogP contribution < -0.4 is 5.32 Å². The molecule has 0 saturated heterocycles. The number of imidazole rings is 1. The van der Waals surface area contributed by atoms with Gasteiger partial charge in [0.2, 0.25) is 5.65 Å². The number of nitrogens with zero attached hydrogens (tertiary/aromatic N) is 3. The standard InChI is InChI=1S/C17H14ClN5O2/c1-9-4-10(18)5-13(24)15(9)12-2-3-14-16(22-12)23-17(25-14)20-7-11-6-19-8-21-11/h2-6,8,24H,7H2,1H3,(H,19,21)(H,20,22,23). The Bertz CT molecular complexity index is 1020. The van der Waals surface area contributed by atoms with Crippen LogP contribution in [0.25, 0.3) is 22.5 Å². The van der Waals surface area contributed by atoms with Crippen LogP contribution in [0.3, 0.4) is 0 Å². The first-order valence-corrected chi connectivity index (χ1v) is 7.96. The molecule has 0 atom stereocenters. The summed E-state index contributed by atoms with van der Waals surface area (Å²) in [7, 11) is 0. The Balaban J connectivity index is 1.66. The summed E-state index contributed by atoms with van der Waals surface area (Å²) < 4.78 is 5.63. The summed E-state index contributed by atoms with van der Waals surface area (Å²) in [6.45, 7) is 2.38. The van der Waals surface area contributed by atoms with Crippen LogP contribution in [0.5, 0.6) is 5.75 Å². The van der Waals surface area contributed by atoms with E-state index in [9.17, 15) is 5.11 Å². The lowest BCUT2D eigenvalue weighted by atomic mass is 10.0. The first-order chi connectivity index (χ1) is 12.1. The summed E-state index contributed by atoms with van der Waals surface area (Å²) in [6.07, 6.45) is 3.33. The largest absolute Gasteiger partial charge is 0.507 e. The number of aryl methyl sites for hydroxylation is 1. The van der Waals surface area contributed by atoms with Crippen molar-refractivity contribution >= 4 is 28.8 Å². The van der Waals surface area contributed by atoms with Gasteiger partial charge in [0.15, 0.2) is 5.58 Å². The molecule has 7 nitrogen and oxygen atoms in total. The Kier molecular flexibility index (Phi) is 3.77. The van der Waals surface area contributed by atoms with Crippen molar-refractivity contribution < 1.29 is 9.52 Å². The van der Waals surface area contributed by atoms with Gasteiger partial charge in [-0.3, -0.25) is 0 Å². The average molecular weight is 356 g/mol. The van der Waals surface area contributed by atoms with E-state index in [2.05, 4.69) is 25.3 Å². The molecule has 126 valence electrons. The lowest BCUT2D eigenvalue weighted by Gasteiger charge is -2.08. The maximum Gasteiger partial charge on any atom is 0.297 e. The zero-order chi connectivity index (χ0) is 17.4. The molecule has 0 spiro atoms. The fourth-order valence-electron chi connectivity index (χ4n) is 2.64. The number of hydrogen-bond donors (Lipinski definition) is 3. The van der Waals surface area contributed by atoms with Crippen LogP contribution in [0.2, 0.25) is 5.02 Å². The smallest absolute Gasteiger partial charge is 0.297 e. The fourth-order valence-corrected chi connectivity index (χ4v) is 2.91. The van der Waals surface area contributed by atoms with E-state index in [0.717, 1.165) is 11.3 Å². The number of hydrogen-bond acceptors (Lipinski definition) is 6. The lowest BCUT2D eigenvalue weighted by molar-refractivity contribution is 0.477. The molecule has 0 fully saturated rings. The van der Waals surface area contributed by atoms with Gasteiger partial charge in [0.25, 0.3) is 6.01 Å². The predicted molar refractivity (Wildman–Crippen MR) is 94.6 cm³/mol. The summed E-state index contributed by atoms with van der Waals surface area (Å²) >= 11 is 5.96. The molecular formula is C17H14ClN5O2. The third-order valence-electron chi connectivity index (χ3n) is 3.77. The van der Waals surface area contributed by atoms with Gasteiger partial charge in [-0.2, -0.15) is 4.98 Å². The summed E-state index contributed by atoms with van der Waals surface area (Å²) in [5.41, 5.74) is 3.99. The van der Waals surface area contributed by atoms with Crippen molar-refractivity contribution in [2.45, 2.75) is 13.5 Å². The van der Waals surface area contributed by atoms with Gasteiger partial charge >= 0.3 is 0 Å². The van der Waals surface area contributed by atoms with Crippen molar-refractivity contribution in [3.8, 4) is 17.0 Å². The number of aromatic nitrogens is 4. The Hall–Kier alpha value is -3.06. The van der Waals surface area contributed by atoms with Gasteiger partial charge in [0.1, 0.15) is 5.75 Å². The minimum atomic E-state index is 0.0814. The maximum atomic E-state index is 10.2. The number of H-pyrrole nitrogens is 1. The number of halogens is 1. The van der Waals surface area contributed by atoms with Gasteiger partial charge < -0.3 is 19.8 Å². The van der Waals surface area contributed by atoms with E-state index < -0.39 is 0 Å². The van der Waals surface area contributed by atoms with E-state index in [0.29, 0.717) is 40.1 Å². The summed E-state index contributed by atoms with van der Waals surface area (Å²) in [5.74, 6) is 0.0814. The molecule has 4 aromatic rings. The second kappa shape index (κ2) is 6.10. The Labute approximate surface area is 147 Å². The molecule has 3 heterocycles. The maximum absolute atomic E-state index is 10.2. The highest BCUT2D eigenvalue weighted by Crippen LogP contribution is 2.35. The second-order valence-corrected chi connectivity index (χ2v) is 6.02. The molecule has 0 bridgehead atoms. The number of oxazole rings is 1. The highest BCUT2D eigenvalue weighted by Gasteiger charge is 2.14. The number of benzene rings is 1. The Morgan fingerprint density at radius 1 is 1.28 bits per heavy atom. The Morgan fingerprint density at radius 2 is 2.16 bits per heavy atom. The number of pyridine rings is 1. The average Bonchev–Trinajstić information content (AvgIpc) is 3.20. The first kappa shape index (κ1) is 15.5. The van der Waals surface area contributed by atoms with Crippen LogP contribution in [0.1, 0.15) is 11.3 Å². The highest BCUT2D eigenvalue weighted by molar-refractivity contribution is 6.31. The van der Waals surface area contributed by atoms with Crippen LogP contribution in [-0.4, -0.2) is 25.0 Å². The van der Waals surface area contributed by atoms with Crippen LogP contribution in [0.15, 0.2) is 41.2 Å². The number of phenols is 1. The third kappa shape index (κ3) is 3.01. The van der Waals surface area contributed by atoms with Crippen LogP contribution in [0, 0.1) is 6.92 Å². The monoisotopic (exact) mass is 355 g/mol. The van der Waals surface area contributed by atoms with Gasteiger partial charge in [0.05, 0.1) is 24.3 Å². The van der Waals surface area contributed by atoms with E-state index >= 15 is 0 Å². The predicted octanol–water partition coefficient (Wildman–Crippen LogP) is 3.89. The van der Waals surface area contributed by atoms with Crippen molar-refractivity contribution in [1.29, 1.82) is 0 Å². The molecule has 3 N–H and O–H groups in total. The third-order valence-corrected chi connectivity index (χ3v) is 3.99. The van der Waals surface area contributed by atoms with E-state index in [-0.39, 0.29) is 5.75 Å². The summed E-state index contributed by atoms with van der Waals surface area (Å²) in [4.78, 5) is 15.8. The molecule has 3 aromatic heterocycles. The minimum absolute atomic E-state index is 0.0814. The zero-order valence-corrected chi connectivity index (χ0v) is 14.0. The molecule has 0 aliphatic rings. The molecule has 0 radical (unpaired) electrons. The molecular weight excluding hydrogens is 342 g/mol. The molecule has 8 heteroatoms. The molecule has 0 aliphatic carbocycles. The first-order valence-electron chi connectivity index (χ1n) is 7.58. The zero-order valence-electron chi connectivity index (χ0n) is 13.2. The van der Waals surface area contributed by atoms with E-state index in [1.807, 2.05) is 6.92 Å². The Morgan fingerprint density at radius 3 is 2.92 bits per heavy atom. The fraction of sp³-hybridized carbons (Fsp3) is 0.118. The van der Waals surface area contributed by atoms with Gasteiger partial charge in [-0.25, -0.2) is 9.97 Å². The van der Waals surface area contributed by atoms with Gasteiger partial charge in [0, 0.05) is 16.8 Å². The molecule has 0 amide bonds. The van der Waals surface area contributed by atoms with E-state index in [4.69, 9.17) is 16.0 Å². The van der Waals surface area contributed by atoms with Crippen LogP contribution in [0.4, 0.5) is 6.01 Å². The van der Waals surface area contributed by atoms with Gasteiger partial charge in [-0.1, -0.05) is 11.6 Å². The number of rotatable bonds is 4. The van der Waals surface area contributed by atoms with Crippen LogP contribution in [-0.2, 0) is 6.54 Å². The molecule has 25 heavy (non-hydrogen) atoms. The van der Waals surface area contributed by atoms with Crippen molar-refractivity contribution in [2.24, 2.45) is 0 Å². The van der Waals surface area contributed by atoms with E-state index in [1.54, 1.807) is 30.7 Å². The topological polar surface area (TPSA) is 99.9 Å².